The first-order valence-corrected chi connectivity index (χ1v) is 20.9. The molecule has 0 saturated carbocycles. The molecule has 0 aromatic heterocycles. The molecule has 9 rings (SSSR count). The van der Waals surface area contributed by atoms with Gasteiger partial charge in [0, 0.05) is 59.2 Å². The zero-order chi connectivity index (χ0) is 38.6. The third-order valence-corrected chi connectivity index (χ3v) is 14.6. The van der Waals surface area contributed by atoms with Crippen molar-refractivity contribution in [3.05, 3.63) is 249 Å². The predicted octanol–water partition coefficient (Wildman–Crippen LogP) is 15.8. The topological polar surface area (TPSA) is 6.48 Å². The fourth-order valence-electron chi connectivity index (χ4n) is 8.28. The minimum absolute atomic E-state index is 1.06. The monoisotopic (exact) mass is 750 g/mol. The van der Waals surface area contributed by atoms with Crippen LogP contribution in [0.3, 0.4) is 0 Å². The van der Waals surface area contributed by atoms with E-state index in [0.717, 1.165) is 39.7 Å². The van der Waals surface area contributed by atoms with Crippen molar-refractivity contribution in [1.82, 2.24) is 0 Å². The Morgan fingerprint density at radius 3 is 1.42 bits per heavy atom. The summed E-state index contributed by atoms with van der Waals surface area (Å²) < 4.78 is 0. The van der Waals surface area contributed by atoms with Crippen LogP contribution in [0.1, 0.15) is 0 Å². The van der Waals surface area contributed by atoms with Crippen LogP contribution in [0.15, 0.2) is 263 Å². The van der Waals surface area contributed by atoms with Crippen LogP contribution in [0.5, 0.6) is 0 Å². The van der Waals surface area contributed by atoms with E-state index in [1.165, 1.54) is 36.3 Å². The molecule has 0 bridgehead atoms. The van der Waals surface area contributed by atoms with Crippen molar-refractivity contribution in [1.29, 1.82) is 0 Å². The van der Waals surface area contributed by atoms with Crippen LogP contribution in [0.2, 0.25) is 0 Å². The van der Waals surface area contributed by atoms with Gasteiger partial charge < -0.3 is 9.80 Å². The number of anilines is 6. The van der Waals surface area contributed by atoms with Crippen molar-refractivity contribution in [2.75, 3.05) is 9.80 Å². The van der Waals surface area contributed by atoms with Gasteiger partial charge in [-0.1, -0.05) is 153 Å². The first-order valence-electron chi connectivity index (χ1n) is 19.2. The second kappa shape index (κ2) is 15.6. The van der Waals surface area contributed by atoms with E-state index in [4.69, 9.17) is 0 Å². The fraction of sp³-hybridized carbons (Fsp3) is 0. The van der Waals surface area contributed by atoms with E-state index in [0.29, 0.717) is 0 Å². The zero-order valence-electron chi connectivity index (χ0n) is 31.7. The van der Waals surface area contributed by atoms with E-state index in [1.807, 2.05) is 12.2 Å². The van der Waals surface area contributed by atoms with Gasteiger partial charge in [-0.25, -0.2) is 0 Å². The van der Waals surface area contributed by atoms with Gasteiger partial charge in [0.25, 0.3) is 0 Å². The second-order valence-corrected chi connectivity index (χ2v) is 16.9. The highest BCUT2D eigenvalue weighted by Gasteiger charge is 2.43. The smallest absolute Gasteiger partial charge is 0.0561 e. The molecule has 0 aliphatic carbocycles. The highest BCUT2D eigenvalue weighted by molar-refractivity contribution is 8.37. The van der Waals surface area contributed by atoms with Crippen LogP contribution in [0, 0.1) is 0 Å². The van der Waals surface area contributed by atoms with Gasteiger partial charge in [-0.05, 0) is 102 Å². The number of allylic oxidation sites excluding steroid dienone is 3. The Balaban J connectivity index is 1.38. The normalized spacial score (nSPS) is 15.4. The van der Waals surface area contributed by atoms with Crippen LogP contribution in [0.4, 0.5) is 34.1 Å². The van der Waals surface area contributed by atoms with E-state index in [9.17, 15) is 0 Å². The SMILES string of the molecule is C=C/C=C(\C=C)S1(c2ccccc2)c2ccccc2-c2c(-c3ccc(N(c4ccccc4)c4ccccc4)cc3N(c3ccccc3)c3ccccc3)cccc21. The van der Waals surface area contributed by atoms with Crippen molar-refractivity contribution >= 4 is 44.2 Å². The van der Waals surface area contributed by atoms with E-state index >= 15 is 0 Å². The zero-order valence-corrected chi connectivity index (χ0v) is 32.5. The van der Waals surface area contributed by atoms with Crippen LogP contribution in [-0.4, -0.2) is 0 Å². The van der Waals surface area contributed by atoms with Crippen LogP contribution in [-0.2, 0) is 0 Å². The predicted molar refractivity (Wildman–Crippen MR) is 244 cm³/mol. The van der Waals surface area contributed by atoms with E-state index in [-0.39, 0.29) is 0 Å². The third-order valence-electron chi connectivity index (χ3n) is 10.6. The number of fused-ring (bicyclic) bond motifs is 3. The Hall–Kier alpha value is -7.07. The summed E-state index contributed by atoms with van der Waals surface area (Å²) in [7, 11) is -1.92. The van der Waals surface area contributed by atoms with Gasteiger partial charge in [0.15, 0.2) is 0 Å². The van der Waals surface area contributed by atoms with Gasteiger partial charge >= 0.3 is 0 Å². The fourth-order valence-corrected chi connectivity index (χ4v) is 12.5. The molecular formula is C54H42N2S. The summed E-state index contributed by atoms with van der Waals surface area (Å²) in [5.41, 5.74) is 11.3. The minimum Gasteiger partial charge on any atom is -0.310 e. The summed E-state index contributed by atoms with van der Waals surface area (Å²) in [6, 6.07) is 76.5. The number of nitrogens with zero attached hydrogens (tertiary/aromatic N) is 2. The molecule has 0 spiro atoms. The Bertz CT molecular complexity index is 2630. The van der Waals surface area contributed by atoms with Crippen LogP contribution < -0.4 is 9.80 Å². The molecule has 8 aromatic carbocycles. The minimum atomic E-state index is -1.92. The molecule has 274 valence electrons. The molecule has 0 amide bonds. The molecule has 1 atom stereocenters. The van der Waals surface area contributed by atoms with Gasteiger partial charge in [-0.15, -0.1) is 10.0 Å². The van der Waals surface area contributed by atoms with Crippen molar-refractivity contribution in [3.8, 4) is 22.3 Å². The number of benzene rings is 8. The van der Waals surface area contributed by atoms with Gasteiger partial charge in [0.05, 0.1) is 5.69 Å². The maximum absolute atomic E-state index is 4.40. The molecular weight excluding hydrogens is 709 g/mol. The summed E-state index contributed by atoms with van der Waals surface area (Å²) in [6.45, 7) is 8.55. The first-order chi connectivity index (χ1) is 28.2. The number of para-hydroxylation sites is 4. The summed E-state index contributed by atoms with van der Waals surface area (Å²) in [5.74, 6) is 0. The summed E-state index contributed by atoms with van der Waals surface area (Å²) in [4.78, 5) is 9.79. The molecule has 0 fully saturated rings. The lowest BCUT2D eigenvalue weighted by molar-refractivity contribution is 1.25. The maximum Gasteiger partial charge on any atom is 0.0561 e. The van der Waals surface area contributed by atoms with Crippen molar-refractivity contribution in [2.24, 2.45) is 0 Å². The maximum atomic E-state index is 4.40. The van der Waals surface area contributed by atoms with E-state index < -0.39 is 10.0 Å². The first kappa shape index (κ1) is 35.6. The Morgan fingerprint density at radius 2 is 0.877 bits per heavy atom. The lowest BCUT2D eigenvalue weighted by Crippen LogP contribution is -2.14. The average molecular weight is 751 g/mol. The van der Waals surface area contributed by atoms with E-state index in [2.05, 4.69) is 241 Å². The number of hydrogen-bond acceptors (Lipinski definition) is 2. The Kier molecular flexibility index (Phi) is 9.74. The van der Waals surface area contributed by atoms with Gasteiger partial charge in [0.1, 0.15) is 0 Å². The Labute approximate surface area is 338 Å². The molecule has 8 aromatic rings. The van der Waals surface area contributed by atoms with Crippen molar-refractivity contribution in [2.45, 2.75) is 14.7 Å². The molecule has 1 aliphatic rings. The largest absolute Gasteiger partial charge is 0.310 e. The molecule has 1 heterocycles. The van der Waals surface area contributed by atoms with Gasteiger partial charge in [0.2, 0.25) is 0 Å². The highest BCUT2D eigenvalue weighted by Crippen LogP contribution is 2.80. The van der Waals surface area contributed by atoms with Gasteiger partial charge in [-0.3, -0.25) is 0 Å². The van der Waals surface area contributed by atoms with Crippen molar-refractivity contribution in [3.63, 3.8) is 0 Å². The summed E-state index contributed by atoms with van der Waals surface area (Å²) in [5, 5.41) is 0. The third kappa shape index (κ3) is 6.19. The Morgan fingerprint density at radius 1 is 0.404 bits per heavy atom. The van der Waals surface area contributed by atoms with Crippen LogP contribution >= 0.6 is 10.0 Å². The van der Waals surface area contributed by atoms with E-state index in [1.54, 1.807) is 0 Å². The highest BCUT2D eigenvalue weighted by atomic mass is 32.3. The number of hydrogen-bond donors (Lipinski definition) is 0. The summed E-state index contributed by atoms with van der Waals surface area (Å²) >= 11 is 0. The second-order valence-electron chi connectivity index (χ2n) is 13.8. The molecule has 2 nitrogen and oxygen atoms in total. The summed E-state index contributed by atoms with van der Waals surface area (Å²) in [6.07, 6.45) is 6.10. The molecule has 57 heavy (non-hydrogen) atoms. The molecule has 0 radical (unpaired) electrons. The number of rotatable bonds is 11. The van der Waals surface area contributed by atoms with Gasteiger partial charge in [-0.2, -0.15) is 0 Å². The average Bonchev–Trinajstić information content (AvgIpc) is 3.59. The quantitative estimate of drug-likeness (QED) is 0.121. The lowest BCUT2D eigenvalue weighted by Gasteiger charge is -2.40. The molecule has 1 aliphatic heterocycles. The molecule has 3 heteroatoms. The molecule has 0 N–H and O–H groups in total. The molecule has 1 unspecified atom stereocenters. The molecule has 0 saturated heterocycles. The lowest BCUT2D eigenvalue weighted by atomic mass is 9.92. The van der Waals surface area contributed by atoms with Crippen LogP contribution in [0.25, 0.3) is 22.3 Å². The van der Waals surface area contributed by atoms with Crippen molar-refractivity contribution < 1.29 is 0 Å². The standard InChI is InChI=1S/C54H42N2S/c1-3-23-46(4-2)57(47-32-18-9-19-33-47)52-36-21-20-34-50(52)54-49(35-22-37-53(54)57)48-39-38-45(55(41-24-10-5-11-25-41)42-26-12-6-13-27-42)40-51(48)56(43-28-14-7-15-29-43)44-30-16-8-17-31-44/h3-40H,1-2H2/b46-23+.